The Morgan fingerprint density at radius 3 is 2.28 bits per heavy atom. The summed E-state index contributed by atoms with van der Waals surface area (Å²) in [6.45, 7) is 13.4. The summed E-state index contributed by atoms with van der Waals surface area (Å²) in [5.74, 6) is 1.92. The first kappa shape index (κ1) is 17.7. The van der Waals surface area contributed by atoms with Gasteiger partial charge in [0.1, 0.15) is 5.82 Å². The molecule has 0 radical (unpaired) electrons. The van der Waals surface area contributed by atoms with Gasteiger partial charge in [0.15, 0.2) is 0 Å². The van der Waals surface area contributed by atoms with Crippen molar-refractivity contribution in [2.24, 2.45) is 0 Å². The second-order valence-electron chi connectivity index (χ2n) is 6.59. The van der Waals surface area contributed by atoms with Gasteiger partial charge >= 0.3 is 0 Å². The average molecular weight is 339 g/mol. The molecule has 134 valence electrons. The summed E-state index contributed by atoms with van der Waals surface area (Å²) in [6.07, 6.45) is 0. The highest BCUT2D eigenvalue weighted by atomic mass is 15.3. The van der Waals surface area contributed by atoms with Crippen LogP contribution in [0.5, 0.6) is 0 Å². The number of hydrogen-bond acceptors (Lipinski definition) is 5. The lowest BCUT2D eigenvalue weighted by Gasteiger charge is -2.35. The van der Waals surface area contributed by atoms with E-state index in [0.717, 1.165) is 63.3 Å². The summed E-state index contributed by atoms with van der Waals surface area (Å²) in [6, 6.07) is 12.8. The molecule has 1 aliphatic heterocycles. The van der Waals surface area contributed by atoms with E-state index >= 15 is 0 Å². The molecule has 3 rings (SSSR count). The molecule has 0 atom stereocenters. The quantitative estimate of drug-likeness (QED) is 0.808. The summed E-state index contributed by atoms with van der Waals surface area (Å²) >= 11 is 0. The maximum absolute atomic E-state index is 4.83. The number of piperazine rings is 1. The Kier molecular flexibility index (Phi) is 5.87. The van der Waals surface area contributed by atoms with Gasteiger partial charge in [0.05, 0.1) is 0 Å². The third-order valence-electron chi connectivity index (χ3n) is 4.82. The molecule has 1 saturated heterocycles. The average Bonchev–Trinajstić information content (AvgIpc) is 2.64. The van der Waals surface area contributed by atoms with Gasteiger partial charge in [0.2, 0.25) is 5.95 Å². The number of benzene rings is 1. The van der Waals surface area contributed by atoms with E-state index in [1.54, 1.807) is 0 Å². The Hall–Kier alpha value is -2.14. The third-order valence-corrected chi connectivity index (χ3v) is 4.82. The Morgan fingerprint density at radius 1 is 0.960 bits per heavy atom. The topological polar surface area (TPSA) is 35.5 Å². The normalized spacial score (nSPS) is 15.4. The van der Waals surface area contributed by atoms with Gasteiger partial charge in [-0.25, -0.2) is 4.98 Å². The molecule has 0 unspecified atom stereocenters. The highest BCUT2D eigenvalue weighted by molar-refractivity contribution is 5.46. The van der Waals surface area contributed by atoms with Crippen LogP contribution in [-0.4, -0.2) is 54.1 Å². The van der Waals surface area contributed by atoms with Gasteiger partial charge in [-0.2, -0.15) is 4.98 Å². The first-order chi connectivity index (χ1) is 12.2. The van der Waals surface area contributed by atoms with Crippen molar-refractivity contribution >= 4 is 11.8 Å². The lowest BCUT2D eigenvalue weighted by molar-refractivity contribution is 0.249. The van der Waals surface area contributed by atoms with Crippen LogP contribution >= 0.6 is 0 Å². The Bertz CT molecular complexity index is 661. The molecule has 0 amide bonds. The van der Waals surface area contributed by atoms with Crippen LogP contribution in [0.1, 0.15) is 25.1 Å². The molecule has 2 aromatic rings. The number of hydrogen-bond donors (Lipinski definition) is 0. The molecule has 1 fully saturated rings. The molecule has 1 aliphatic rings. The van der Waals surface area contributed by atoms with E-state index in [4.69, 9.17) is 4.98 Å². The smallest absolute Gasteiger partial charge is 0.227 e. The van der Waals surface area contributed by atoms with E-state index in [0.29, 0.717) is 0 Å². The minimum absolute atomic E-state index is 0.853. The largest absolute Gasteiger partial charge is 0.354 e. The van der Waals surface area contributed by atoms with Gasteiger partial charge in [0.25, 0.3) is 0 Å². The van der Waals surface area contributed by atoms with Crippen LogP contribution in [0.25, 0.3) is 0 Å². The molecular formula is C20H29N5. The summed E-state index contributed by atoms with van der Waals surface area (Å²) < 4.78 is 0. The SMILES string of the molecule is CCN(CC)c1nc(C)cc(N2CCN(Cc3ccccc3)CC2)n1. The summed E-state index contributed by atoms with van der Waals surface area (Å²) in [5.41, 5.74) is 2.43. The Balaban J connectivity index is 1.64. The molecule has 0 spiro atoms. The fourth-order valence-corrected chi connectivity index (χ4v) is 3.32. The van der Waals surface area contributed by atoms with Crippen molar-refractivity contribution in [3.05, 3.63) is 47.7 Å². The molecule has 0 aliphatic carbocycles. The van der Waals surface area contributed by atoms with Gasteiger partial charge in [-0.05, 0) is 26.3 Å². The molecule has 1 aromatic carbocycles. The highest BCUT2D eigenvalue weighted by Gasteiger charge is 2.19. The van der Waals surface area contributed by atoms with Crippen LogP contribution in [0.2, 0.25) is 0 Å². The van der Waals surface area contributed by atoms with Crippen LogP contribution in [0, 0.1) is 6.92 Å². The van der Waals surface area contributed by atoms with Gasteiger partial charge in [0, 0.05) is 57.6 Å². The molecule has 5 heteroatoms. The van der Waals surface area contributed by atoms with Gasteiger partial charge in [-0.15, -0.1) is 0 Å². The molecule has 0 bridgehead atoms. The van der Waals surface area contributed by atoms with E-state index in [2.05, 4.69) is 76.9 Å². The fraction of sp³-hybridized carbons (Fsp3) is 0.500. The van der Waals surface area contributed by atoms with Crippen LogP contribution in [0.4, 0.5) is 11.8 Å². The van der Waals surface area contributed by atoms with E-state index in [9.17, 15) is 0 Å². The van der Waals surface area contributed by atoms with E-state index in [1.807, 2.05) is 0 Å². The zero-order valence-electron chi connectivity index (χ0n) is 15.6. The minimum atomic E-state index is 0.853. The Morgan fingerprint density at radius 2 is 1.64 bits per heavy atom. The molecule has 5 nitrogen and oxygen atoms in total. The van der Waals surface area contributed by atoms with Gasteiger partial charge in [-0.1, -0.05) is 30.3 Å². The standard InChI is InChI=1S/C20H29N5/c1-4-24(5-2)20-21-17(3)15-19(22-20)25-13-11-23(12-14-25)16-18-9-7-6-8-10-18/h6-10,15H,4-5,11-14,16H2,1-3H3. The summed E-state index contributed by atoms with van der Waals surface area (Å²) in [4.78, 5) is 16.6. The van der Waals surface area contributed by atoms with E-state index in [-0.39, 0.29) is 0 Å². The van der Waals surface area contributed by atoms with E-state index < -0.39 is 0 Å². The van der Waals surface area contributed by atoms with Crippen molar-refractivity contribution in [3.8, 4) is 0 Å². The lowest BCUT2D eigenvalue weighted by atomic mass is 10.2. The monoisotopic (exact) mass is 339 g/mol. The minimum Gasteiger partial charge on any atom is -0.354 e. The van der Waals surface area contributed by atoms with Crippen molar-refractivity contribution in [1.82, 2.24) is 14.9 Å². The zero-order chi connectivity index (χ0) is 17.6. The predicted octanol–water partition coefficient (Wildman–Crippen LogP) is 2.95. The fourth-order valence-electron chi connectivity index (χ4n) is 3.32. The number of aromatic nitrogens is 2. The van der Waals surface area contributed by atoms with Crippen molar-refractivity contribution in [2.45, 2.75) is 27.3 Å². The van der Waals surface area contributed by atoms with Crippen LogP contribution in [0.15, 0.2) is 36.4 Å². The number of rotatable bonds is 6. The molecule has 0 saturated carbocycles. The maximum atomic E-state index is 4.83. The molecule has 25 heavy (non-hydrogen) atoms. The zero-order valence-corrected chi connectivity index (χ0v) is 15.6. The predicted molar refractivity (Wildman–Crippen MR) is 104 cm³/mol. The molecular weight excluding hydrogens is 310 g/mol. The van der Waals surface area contributed by atoms with Crippen molar-refractivity contribution < 1.29 is 0 Å². The van der Waals surface area contributed by atoms with E-state index in [1.165, 1.54) is 5.56 Å². The number of anilines is 2. The van der Waals surface area contributed by atoms with Crippen molar-refractivity contribution in [2.75, 3.05) is 49.1 Å². The number of nitrogens with zero attached hydrogens (tertiary/aromatic N) is 5. The third kappa shape index (κ3) is 4.48. The van der Waals surface area contributed by atoms with Crippen molar-refractivity contribution in [3.63, 3.8) is 0 Å². The molecule has 0 N–H and O–H groups in total. The first-order valence-corrected chi connectivity index (χ1v) is 9.31. The molecule has 2 heterocycles. The Labute approximate surface area is 151 Å². The van der Waals surface area contributed by atoms with Gasteiger partial charge < -0.3 is 9.80 Å². The first-order valence-electron chi connectivity index (χ1n) is 9.31. The second kappa shape index (κ2) is 8.30. The molecule has 1 aromatic heterocycles. The summed E-state index contributed by atoms with van der Waals surface area (Å²) in [5, 5.41) is 0. The van der Waals surface area contributed by atoms with Gasteiger partial charge in [-0.3, -0.25) is 4.90 Å². The van der Waals surface area contributed by atoms with Crippen molar-refractivity contribution in [1.29, 1.82) is 0 Å². The maximum Gasteiger partial charge on any atom is 0.227 e. The van der Waals surface area contributed by atoms with Crippen LogP contribution in [-0.2, 0) is 6.54 Å². The highest BCUT2D eigenvalue weighted by Crippen LogP contribution is 2.19. The lowest BCUT2D eigenvalue weighted by Crippen LogP contribution is -2.46. The van der Waals surface area contributed by atoms with Crippen LogP contribution < -0.4 is 9.80 Å². The summed E-state index contributed by atoms with van der Waals surface area (Å²) in [7, 11) is 0. The second-order valence-corrected chi connectivity index (χ2v) is 6.59. The number of aryl methyl sites for hydroxylation is 1. The van der Waals surface area contributed by atoms with Crippen LogP contribution in [0.3, 0.4) is 0 Å².